The SMILES string of the molecule is COc1cc(CCC(=O)NC2CCC(C)CC2)ccc1OCC(=O)O.[NaH]. The third-order valence-electron chi connectivity index (χ3n) is 4.60. The summed E-state index contributed by atoms with van der Waals surface area (Å²) >= 11 is 0. The van der Waals surface area contributed by atoms with Crippen LogP contribution < -0.4 is 14.8 Å². The molecule has 0 saturated heterocycles. The van der Waals surface area contributed by atoms with E-state index in [9.17, 15) is 9.59 Å². The normalized spacial score (nSPS) is 19.2. The molecule has 0 atom stereocenters. The maximum absolute atomic E-state index is 12.1. The monoisotopic (exact) mass is 373 g/mol. The molecule has 0 unspecified atom stereocenters. The minimum atomic E-state index is -1.04. The summed E-state index contributed by atoms with van der Waals surface area (Å²) in [7, 11) is 1.50. The van der Waals surface area contributed by atoms with E-state index >= 15 is 0 Å². The summed E-state index contributed by atoms with van der Waals surface area (Å²) < 4.78 is 10.4. The third-order valence-corrected chi connectivity index (χ3v) is 4.60. The van der Waals surface area contributed by atoms with Crippen molar-refractivity contribution in [3.05, 3.63) is 23.8 Å². The van der Waals surface area contributed by atoms with E-state index in [4.69, 9.17) is 14.6 Å². The van der Waals surface area contributed by atoms with Crippen LogP contribution >= 0.6 is 0 Å². The summed E-state index contributed by atoms with van der Waals surface area (Å²) in [6.45, 7) is 1.84. The van der Waals surface area contributed by atoms with Gasteiger partial charge in [0, 0.05) is 12.5 Å². The first-order valence-corrected chi connectivity index (χ1v) is 8.78. The topological polar surface area (TPSA) is 84.9 Å². The number of rotatable bonds is 8. The van der Waals surface area contributed by atoms with Crippen molar-refractivity contribution >= 4 is 41.4 Å². The number of aliphatic carboxylic acids is 1. The van der Waals surface area contributed by atoms with Crippen molar-refractivity contribution < 1.29 is 24.2 Å². The number of aryl methyl sites for hydroxylation is 1. The second-order valence-electron chi connectivity index (χ2n) is 6.69. The van der Waals surface area contributed by atoms with Gasteiger partial charge in [0.05, 0.1) is 7.11 Å². The molecule has 1 aliphatic carbocycles. The Hall–Kier alpha value is -1.24. The fourth-order valence-electron chi connectivity index (χ4n) is 3.09. The number of amides is 1. The number of carboxylic acids is 1. The number of ether oxygens (including phenoxy) is 2. The Labute approximate surface area is 176 Å². The van der Waals surface area contributed by atoms with E-state index in [2.05, 4.69) is 12.2 Å². The van der Waals surface area contributed by atoms with Crippen molar-refractivity contribution in [2.45, 2.75) is 51.5 Å². The van der Waals surface area contributed by atoms with Gasteiger partial charge in [-0.2, -0.15) is 0 Å². The first-order valence-electron chi connectivity index (χ1n) is 8.78. The van der Waals surface area contributed by atoms with Crippen LogP contribution in [0.1, 0.15) is 44.6 Å². The number of nitrogens with one attached hydrogen (secondary N) is 1. The summed E-state index contributed by atoms with van der Waals surface area (Å²) in [6.07, 6.45) is 5.52. The summed E-state index contributed by atoms with van der Waals surface area (Å²) in [5, 5.41) is 11.8. The summed E-state index contributed by atoms with van der Waals surface area (Å²) in [5.74, 6) is 0.655. The molecule has 1 amide bonds. The van der Waals surface area contributed by atoms with Gasteiger partial charge in [0.1, 0.15) is 0 Å². The molecule has 1 aromatic carbocycles. The average molecular weight is 373 g/mol. The van der Waals surface area contributed by atoms with Crippen molar-refractivity contribution in [1.82, 2.24) is 5.32 Å². The first kappa shape index (κ1) is 22.8. The van der Waals surface area contributed by atoms with Gasteiger partial charge >= 0.3 is 35.5 Å². The Morgan fingerprint density at radius 2 is 1.88 bits per heavy atom. The van der Waals surface area contributed by atoms with E-state index in [0.717, 1.165) is 24.3 Å². The Bertz CT molecular complexity index is 600. The molecule has 0 radical (unpaired) electrons. The van der Waals surface area contributed by atoms with Crippen LogP contribution in [-0.2, 0) is 16.0 Å². The van der Waals surface area contributed by atoms with Crippen LogP contribution in [0, 0.1) is 5.92 Å². The standard InChI is InChI=1S/C19H27NO5.Na.H/c1-13-3-7-15(8-4-13)20-18(21)10-6-14-5-9-16(17(11-14)24-2)25-12-19(22)23;;/h5,9,11,13,15H,3-4,6-8,10,12H2,1-2H3,(H,20,21)(H,22,23);;. The van der Waals surface area contributed by atoms with Crippen molar-refractivity contribution in [3.63, 3.8) is 0 Å². The van der Waals surface area contributed by atoms with Crippen LogP contribution in [0.3, 0.4) is 0 Å². The van der Waals surface area contributed by atoms with Gasteiger partial charge in [0.25, 0.3) is 0 Å². The van der Waals surface area contributed by atoms with E-state index in [1.165, 1.54) is 20.0 Å². The molecular formula is C19H28NNaO5. The molecule has 1 fully saturated rings. The van der Waals surface area contributed by atoms with Crippen molar-refractivity contribution in [2.24, 2.45) is 5.92 Å². The predicted octanol–water partition coefficient (Wildman–Crippen LogP) is 2.14. The van der Waals surface area contributed by atoms with Crippen LogP contribution in [0.5, 0.6) is 11.5 Å². The fourth-order valence-corrected chi connectivity index (χ4v) is 3.09. The van der Waals surface area contributed by atoms with E-state index in [0.29, 0.717) is 30.4 Å². The molecule has 26 heavy (non-hydrogen) atoms. The maximum atomic E-state index is 12.1. The predicted molar refractivity (Wildman–Crippen MR) is 101 cm³/mol. The molecule has 0 heterocycles. The third kappa shape index (κ3) is 7.56. The molecule has 2 N–H and O–H groups in total. The molecule has 7 heteroatoms. The number of benzene rings is 1. The second kappa shape index (κ2) is 11.5. The second-order valence-corrected chi connectivity index (χ2v) is 6.69. The summed E-state index contributed by atoms with van der Waals surface area (Å²) in [6, 6.07) is 5.60. The van der Waals surface area contributed by atoms with Gasteiger partial charge in [-0.15, -0.1) is 0 Å². The molecule has 6 nitrogen and oxygen atoms in total. The van der Waals surface area contributed by atoms with Gasteiger partial charge in [0.15, 0.2) is 18.1 Å². The van der Waals surface area contributed by atoms with Crippen LogP contribution in [0.4, 0.5) is 0 Å². The zero-order valence-electron chi connectivity index (χ0n) is 14.9. The number of carbonyl (C=O) groups is 2. The molecule has 0 spiro atoms. The van der Waals surface area contributed by atoms with E-state index in [-0.39, 0.29) is 35.5 Å². The Morgan fingerprint density at radius 3 is 2.50 bits per heavy atom. The van der Waals surface area contributed by atoms with Crippen LogP contribution in [0.25, 0.3) is 0 Å². The average Bonchev–Trinajstić information content (AvgIpc) is 2.60. The first-order chi connectivity index (χ1) is 12.0. The van der Waals surface area contributed by atoms with Gasteiger partial charge in [-0.3, -0.25) is 4.79 Å². The van der Waals surface area contributed by atoms with E-state index in [1.807, 2.05) is 6.07 Å². The summed E-state index contributed by atoms with van der Waals surface area (Å²) in [4.78, 5) is 22.7. The molecule has 140 valence electrons. The fraction of sp³-hybridized carbons (Fsp3) is 0.579. The number of carbonyl (C=O) groups excluding carboxylic acids is 1. The van der Waals surface area contributed by atoms with Crippen molar-refractivity contribution in [2.75, 3.05) is 13.7 Å². The minimum absolute atomic E-state index is 0. The Kier molecular flexibility index (Phi) is 10.1. The van der Waals surface area contributed by atoms with Crippen LogP contribution in [0.15, 0.2) is 18.2 Å². The molecule has 0 bridgehead atoms. The Balaban J connectivity index is 0.00000338. The number of carboxylic acid groups (broad SMARTS) is 1. The molecule has 0 aliphatic heterocycles. The molecule has 1 aromatic rings. The van der Waals surface area contributed by atoms with E-state index in [1.54, 1.807) is 12.1 Å². The van der Waals surface area contributed by atoms with E-state index < -0.39 is 12.6 Å². The number of hydrogen-bond donors (Lipinski definition) is 2. The van der Waals surface area contributed by atoms with Crippen LogP contribution in [-0.4, -0.2) is 66.3 Å². The summed E-state index contributed by atoms with van der Waals surface area (Å²) in [5.41, 5.74) is 0.951. The molecule has 0 aromatic heterocycles. The molecular weight excluding hydrogens is 345 g/mol. The van der Waals surface area contributed by atoms with Crippen LogP contribution in [0.2, 0.25) is 0 Å². The van der Waals surface area contributed by atoms with Gasteiger partial charge in [-0.1, -0.05) is 13.0 Å². The van der Waals surface area contributed by atoms with Gasteiger partial charge < -0.3 is 19.9 Å². The van der Waals surface area contributed by atoms with Gasteiger partial charge in [-0.25, -0.2) is 4.79 Å². The molecule has 2 rings (SSSR count). The van der Waals surface area contributed by atoms with Gasteiger partial charge in [-0.05, 0) is 55.7 Å². The Morgan fingerprint density at radius 1 is 1.19 bits per heavy atom. The zero-order chi connectivity index (χ0) is 18.2. The molecule has 1 saturated carbocycles. The number of methoxy groups -OCH3 is 1. The zero-order valence-corrected chi connectivity index (χ0v) is 14.9. The van der Waals surface area contributed by atoms with Gasteiger partial charge in [0.2, 0.25) is 5.91 Å². The number of hydrogen-bond acceptors (Lipinski definition) is 4. The quantitative estimate of drug-likeness (QED) is 0.682. The van der Waals surface area contributed by atoms with Crippen molar-refractivity contribution in [3.8, 4) is 11.5 Å². The van der Waals surface area contributed by atoms with Crippen molar-refractivity contribution in [1.29, 1.82) is 0 Å². The molecule has 1 aliphatic rings.